The van der Waals surface area contributed by atoms with Gasteiger partial charge in [-0.1, -0.05) is 17.7 Å². The van der Waals surface area contributed by atoms with Gasteiger partial charge in [-0.2, -0.15) is 0 Å². The highest BCUT2D eigenvalue weighted by Crippen LogP contribution is 2.41. The van der Waals surface area contributed by atoms with Crippen molar-refractivity contribution in [1.29, 1.82) is 0 Å². The summed E-state index contributed by atoms with van der Waals surface area (Å²) in [7, 11) is 0. The number of piperidine rings is 1. The molecule has 2 aromatic rings. The predicted octanol–water partition coefficient (Wildman–Crippen LogP) is 5.76. The van der Waals surface area contributed by atoms with E-state index < -0.39 is 5.60 Å². The lowest BCUT2D eigenvalue weighted by Gasteiger charge is -2.44. The van der Waals surface area contributed by atoms with Crippen molar-refractivity contribution in [2.75, 3.05) is 19.7 Å². The molecule has 2 heterocycles. The van der Waals surface area contributed by atoms with Crippen LogP contribution in [0.2, 0.25) is 5.02 Å². The van der Waals surface area contributed by atoms with Crippen molar-refractivity contribution in [3.05, 3.63) is 57.1 Å². The number of ether oxygens (including phenoxy) is 2. The summed E-state index contributed by atoms with van der Waals surface area (Å²) < 4.78 is 12.3. The highest BCUT2D eigenvalue weighted by Gasteiger charge is 2.44. The van der Waals surface area contributed by atoms with Gasteiger partial charge in [0, 0.05) is 37.4 Å². The molecule has 0 unspecified atom stereocenters. The van der Waals surface area contributed by atoms with Gasteiger partial charge in [0.1, 0.15) is 17.1 Å². The Kier molecular flexibility index (Phi) is 6.71. The van der Waals surface area contributed by atoms with E-state index in [1.807, 2.05) is 56.9 Å². The number of carbonyl (C=O) groups is 2. The van der Waals surface area contributed by atoms with Gasteiger partial charge < -0.3 is 14.4 Å². The molecule has 1 saturated heterocycles. The normalized spacial score (nSPS) is 17.0. The topological polar surface area (TPSA) is 55.8 Å². The molecule has 0 bridgehead atoms. The van der Waals surface area contributed by atoms with Crippen molar-refractivity contribution in [2.24, 2.45) is 0 Å². The van der Waals surface area contributed by atoms with Gasteiger partial charge in [-0.3, -0.25) is 9.59 Å². The molecule has 6 heteroatoms. The molecule has 2 aromatic carbocycles. The summed E-state index contributed by atoms with van der Waals surface area (Å²) in [5.41, 5.74) is 4.32. The first-order chi connectivity index (χ1) is 15.7. The number of benzene rings is 2. The van der Waals surface area contributed by atoms with E-state index in [0.29, 0.717) is 57.4 Å². The minimum absolute atomic E-state index is 0.131. The number of hydrogen-bond acceptors (Lipinski definition) is 4. The third-order valence-electron chi connectivity index (χ3n) is 7.02. The van der Waals surface area contributed by atoms with Crippen LogP contribution in [-0.4, -0.2) is 41.9 Å². The molecule has 33 heavy (non-hydrogen) atoms. The van der Waals surface area contributed by atoms with Crippen LogP contribution in [0.1, 0.15) is 64.7 Å². The van der Waals surface area contributed by atoms with Crippen molar-refractivity contribution in [1.82, 2.24) is 4.90 Å². The zero-order valence-electron chi connectivity index (χ0n) is 19.9. The molecule has 0 aliphatic carbocycles. The molecule has 4 rings (SSSR count). The van der Waals surface area contributed by atoms with Crippen LogP contribution in [0.15, 0.2) is 24.3 Å². The van der Waals surface area contributed by atoms with E-state index in [2.05, 4.69) is 0 Å². The average Bonchev–Trinajstić information content (AvgIpc) is 2.78. The first-order valence-corrected chi connectivity index (χ1v) is 12.1. The maximum absolute atomic E-state index is 12.8. The summed E-state index contributed by atoms with van der Waals surface area (Å²) in [6, 6.07) is 7.70. The van der Waals surface area contributed by atoms with E-state index in [9.17, 15) is 9.59 Å². The first kappa shape index (κ1) is 23.6. The number of halogens is 1. The van der Waals surface area contributed by atoms with Gasteiger partial charge >= 0.3 is 0 Å². The highest BCUT2D eigenvalue weighted by atomic mass is 35.5. The quantitative estimate of drug-likeness (QED) is 0.522. The molecule has 1 fully saturated rings. The van der Waals surface area contributed by atoms with Crippen molar-refractivity contribution >= 4 is 23.3 Å². The Morgan fingerprint density at radius 2 is 1.76 bits per heavy atom. The number of likely N-dealkylation sites (tertiary alicyclic amines) is 1. The molecule has 5 nitrogen and oxygen atoms in total. The minimum atomic E-state index is -0.493. The second-order valence-corrected chi connectivity index (χ2v) is 9.85. The number of ketones is 1. The van der Waals surface area contributed by atoms with Crippen molar-refractivity contribution in [2.45, 2.75) is 65.4 Å². The fourth-order valence-corrected chi connectivity index (χ4v) is 4.89. The number of carbonyl (C=O) groups excluding carboxylic acids is 2. The zero-order valence-corrected chi connectivity index (χ0v) is 20.7. The van der Waals surface area contributed by atoms with E-state index in [4.69, 9.17) is 21.1 Å². The smallest absolute Gasteiger partial charge is 0.222 e. The Morgan fingerprint density at radius 3 is 2.42 bits per heavy atom. The maximum Gasteiger partial charge on any atom is 0.222 e. The fraction of sp³-hybridized carbons (Fsp3) is 0.481. The molecule has 2 aliphatic rings. The Balaban J connectivity index is 1.28. The number of nitrogens with zero attached hydrogens (tertiary/aromatic N) is 1. The van der Waals surface area contributed by atoms with Crippen LogP contribution < -0.4 is 9.47 Å². The van der Waals surface area contributed by atoms with E-state index >= 15 is 0 Å². The van der Waals surface area contributed by atoms with Crippen LogP contribution in [0, 0.1) is 27.7 Å². The predicted molar refractivity (Wildman–Crippen MR) is 130 cm³/mol. The summed E-state index contributed by atoms with van der Waals surface area (Å²) >= 11 is 6.21. The molecular formula is C27H32ClNO4. The highest BCUT2D eigenvalue weighted by molar-refractivity contribution is 6.32. The van der Waals surface area contributed by atoms with Gasteiger partial charge in [0.15, 0.2) is 5.78 Å². The Morgan fingerprint density at radius 1 is 1.09 bits per heavy atom. The summed E-state index contributed by atoms with van der Waals surface area (Å²) in [5.74, 6) is 1.79. The van der Waals surface area contributed by atoms with Crippen LogP contribution in [0.4, 0.5) is 0 Å². The van der Waals surface area contributed by atoms with Crippen molar-refractivity contribution < 1.29 is 19.1 Å². The molecule has 0 N–H and O–H groups in total. The molecular weight excluding hydrogens is 438 g/mol. The average molecular weight is 470 g/mol. The lowest BCUT2D eigenvalue weighted by molar-refractivity contribution is -0.135. The second kappa shape index (κ2) is 9.38. The van der Waals surface area contributed by atoms with Gasteiger partial charge in [0.05, 0.1) is 18.6 Å². The van der Waals surface area contributed by atoms with Crippen LogP contribution in [0.5, 0.6) is 11.5 Å². The van der Waals surface area contributed by atoms with Gasteiger partial charge in [0.25, 0.3) is 0 Å². The van der Waals surface area contributed by atoms with Crippen LogP contribution in [0.25, 0.3) is 0 Å². The summed E-state index contributed by atoms with van der Waals surface area (Å²) in [6.07, 6.45) is 2.84. The van der Waals surface area contributed by atoms with Gasteiger partial charge in [-0.25, -0.2) is 0 Å². The number of rotatable bonds is 5. The number of Topliss-reactive ketones (excluding diaryl/α,β-unsaturated/α-hetero) is 1. The lowest BCUT2D eigenvalue weighted by atomic mass is 9.81. The Hall–Kier alpha value is -2.53. The number of amides is 1. The molecule has 0 radical (unpaired) electrons. The van der Waals surface area contributed by atoms with E-state index in [0.717, 1.165) is 38.8 Å². The largest absolute Gasteiger partial charge is 0.494 e. The van der Waals surface area contributed by atoms with Crippen LogP contribution in [-0.2, 0) is 4.79 Å². The SMILES string of the molecule is Cc1ccc2c(c1C)OC1(CCN(C(=O)CCCOc3cc(C)c(Cl)c(C)c3)CC1)CC2=O. The lowest BCUT2D eigenvalue weighted by Crippen LogP contribution is -2.52. The number of aryl methyl sites for hydroxylation is 3. The zero-order chi connectivity index (χ0) is 23.8. The summed E-state index contributed by atoms with van der Waals surface area (Å²) in [5, 5.41) is 0.762. The molecule has 1 spiro atoms. The molecule has 2 aliphatic heterocycles. The van der Waals surface area contributed by atoms with E-state index in [1.165, 1.54) is 0 Å². The molecule has 0 atom stereocenters. The summed E-state index contributed by atoms with van der Waals surface area (Å²) in [4.78, 5) is 27.4. The Labute approximate surface area is 201 Å². The third kappa shape index (κ3) is 4.89. The molecule has 0 aromatic heterocycles. The van der Waals surface area contributed by atoms with E-state index in [1.54, 1.807) is 0 Å². The number of fused-ring (bicyclic) bond motifs is 1. The third-order valence-corrected chi connectivity index (χ3v) is 7.62. The maximum atomic E-state index is 12.8. The van der Waals surface area contributed by atoms with Crippen molar-refractivity contribution in [3.8, 4) is 11.5 Å². The monoisotopic (exact) mass is 469 g/mol. The van der Waals surface area contributed by atoms with Crippen molar-refractivity contribution in [3.63, 3.8) is 0 Å². The molecule has 0 saturated carbocycles. The van der Waals surface area contributed by atoms with E-state index in [-0.39, 0.29) is 11.7 Å². The second-order valence-electron chi connectivity index (χ2n) is 9.47. The van der Waals surface area contributed by atoms with Crippen LogP contribution >= 0.6 is 11.6 Å². The van der Waals surface area contributed by atoms with Gasteiger partial charge in [0.2, 0.25) is 5.91 Å². The molecule has 176 valence electrons. The summed E-state index contributed by atoms with van der Waals surface area (Å²) in [6.45, 7) is 9.67. The standard InChI is InChI=1S/C27H32ClNO4/c1-17-7-8-22-23(30)16-27(33-26(22)20(17)4)9-11-29(12-10-27)24(31)6-5-13-32-21-14-18(2)25(28)19(3)15-21/h7-8,14-15H,5-6,9-13,16H2,1-4H3. The first-order valence-electron chi connectivity index (χ1n) is 11.7. The Bertz CT molecular complexity index is 1060. The van der Waals surface area contributed by atoms with Gasteiger partial charge in [-0.15, -0.1) is 0 Å². The number of hydrogen-bond donors (Lipinski definition) is 0. The van der Waals surface area contributed by atoms with Gasteiger partial charge in [-0.05, 0) is 74.6 Å². The molecule has 1 amide bonds. The minimum Gasteiger partial charge on any atom is -0.494 e. The van der Waals surface area contributed by atoms with Crippen LogP contribution in [0.3, 0.4) is 0 Å². The fourth-order valence-electron chi connectivity index (χ4n) is 4.79.